The Balaban J connectivity index is 1.52. The lowest BCUT2D eigenvalue weighted by molar-refractivity contribution is 0.338. The summed E-state index contributed by atoms with van der Waals surface area (Å²) < 4.78 is 0. The van der Waals surface area contributed by atoms with Gasteiger partial charge in [-0.1, -0.05) is 19.3 Å². The van der Waals surface area contributed by atoms with Crippen LogP contribution >= 0.6 is 0 Å². The van der Waals surface area contributed by atoms with Crippen molar-refractivity contribution in [2.24, 2.45) is 11.8 Å². The highest BCUT2D eigenvalue weighted by Crippen LogP contribution is 2.28. The highest BCUT2D eigenvalue weighted by Gasteiger charge is 2.21. The van der Waals surface area contributed by atoms with Crippen LogP contribution in [0.5, 0.6) is 0 Å². The van der Waals surface area contributed by atoms with E-state index >= 15 is 0 Å². The molecule has 12 heavy (non-hydrogen) atoms. The Morgan fingerprint density at radius 1 is 0.750 bits per heavy atom. The van der Waals surface area contributed by atoms with E-state index in [0.717, 1.165) is 11.8 Å². The third-order valence-electron chi connectivity index (χ3n) is 3.20. The maximum atomic E-state index is 4.66. The summed E-state index contributed by atoms with van der Waals surface area (Å²) in [5.41, 5.74) is 0. The molecule has 2 rings (SSSR count). The zero-order valence-electron chi connectivity index (χ0n) is 7.97. The smallest absolute Gasteiger partial charge is 0.0161 e. The molecule has 0 aromatic rings. The van der Waals surface area contributed by atoms with Gasteiger partial charge in [-0.15, -0.1) is 0 Å². The first kappa shape index (κ1) is 8.55. The Hall–Kier alpha value is -0.0400. The summed E-state index contributed by atoms with van der Waals surface area (Å²) in [7, 11) is 0. The van der Waals surface area contributed by atoms with Crippen LogP contribution in [0.3, 0.4) is 0 Å². The van der Waals surface area contributed by atoms with Gasteiger partial charge in [-0.25, -0.2) is 5.32 Å². The summed E-state index contributed by atoms with van der Waals surface area (Å²) in [6.45, 7) is 2.35. The van der Waals surface area contributed by atoms with Crippen molar-refractivity contribution in [3.8, 4) is 0 Å². The largest absolute Gasteiger partial charge is 0.241 e. The van der Waals surface area contributed by atoms with Crippen LogP contribution in [0.15, 0.2) is 0 Å². The van der Waals surface area contributed by atoms with E-state index in [4.69, 9.17) is 0 Å². The van der Waals surface area contributed by atoms with E-state index < -0.39 is 0 Å². The number of nitrogens with zero attached hydrogens (tertiary/aromatic N) is 1. The minimum absolute atomic E-state index is 0.956. The molecule has 2 fully saturated rings. The van der Waals surface area contributed by atoms with Gasteiger partial charge < -0.3 is 0 Å². The summed E-state index contributed by atoms with van der Waals surface area (Å²) in [6, 6.07) is 0. The minimum Gasteiger partial charge on any atom is -0.241 e. The molecular formula is C11H20N. The lowest BCUT2D eigenvalue weighted by atomic mass is 9.89. The van der Waals surface area contributed by atoms with Crippen molar-refractivity contribution in [2.45, 2.75) is 44.9 Å². The molecule has 1 nitrogen and oxygen atoms in total. The van der Waals surface area contributed by atoms with Crippen molar-refractivity contribution < 1.29 is 0 Å². The van der Waals surface area contributed by atoms with E-state index in [1.165, 1.54) is 58.0 Å². The Bertz CT molecular complexity index is 123. The minimum atomic E-state index is 0.956. The van der Waals surface area contributed by atoms with E-state index in [2.05, 4.69) is 5.32 Å². The molecule has 0 amide bonds. The molecule has 0 atom stereocenters. The van der Waals surface area contributed by atoms with E-state index in [-0.39, 0.29) is 0 Å². The summed E-state index contributed by atoms with van der Waals surface area (Å²) >= 11 is 0. The quantitative estimate of drug-likeness (QED) is 0.609. The fourth-order valence-corrected chi connectivity index (χ4v) is 2.11. The number of hydrogen-bond donors (Lipinski definition) is 0. The Labute approximate surface area is 75.9 Å². The van der Waals surface area contributed by atoms with E-state index in [9.17, 15) is 0 Å². The van der Waals surface area contributed by atoms with E-state index in [1.54, 1.807) is 0 Å². The normalized spacial score (nSPS) is 26.0. The van der Waals surface area contributed by atoms with Crippen molar-refractivity contribution >= 4 is 0 Å². The maximum Gasteiger partial charge on any atom is 0.0161 e. The van der Waals surface area contributed by atoms with Crippen molar-refractivity contribution in [1.29, 1.82) is 0 Å². The van der Waals surface area contributed by atoms with E-state index in [1.807, 2.05) is 0 Å². The molecular weight excluding hydrogens is 146 g/mol. The van der Waals surface area contributed by atoms with Crippen LogP contribution in [-0.2, 0) is 0 Å². The summed E-state index contributed by atoms with van der Waals surface area (Å²) in [5, 5.41) is 4.66. The molecule has 0 heterocycles. The lowest BCUT2D eigenvalue weighted by Gasteiger charge is -2.20. The molecule has 69 valence electrons. The van der Waals surface area contributed by atoms with Gasteiger partial charge >= 0.3 is 0 Å². The van der Waals surface area contributed by atoms with Crippen LogP contribution in [0.4, 0.5) is 0 Å². The van der Waals surface area contributed by atoms with Crippen molar-refractivity contribution in [2.75, 3.05) is 13.1 Å². The van der Waals surface area contributed by atoms with Gasteiger partial charge in [0.2, 0.25) is 0 Å². The second-order valence-electron chi connectivity index (χ2n) is 4.54. The molecule has 0 aromatic carbocycles. The van der Waals surface area contributed by atoms with Gasteiger partial charge in [0, 0.05) is 13.1 Å². The molecule has 1 radical (unpaired) electrons. The lowest BCUT2D eigenvalue weighted by Crippen LogP contribution is -2.20. The van der Waals surface area contributed by atoms with Gasteiger partial charge in [-0.2, -0.15) is 0 Å². The SMILES string of the molecule is C1CCC(C[N]CC2CC2)CC1. The standard InChI is InChI=1S/C11H20N/c1-2-4-10(5-3-1)8-12-9-11-6-7-11/h10-11H,1-9H2. The van der Waals surface area contributed by atoms with Crippen LogP contribution in [0.1, 0.15) is 44.9 Å². The predicted molar refractivity (Wildman–Crippen MR) is 51.2 cm³/mol. The number of hydrogen-bond acceptors (Lipinski definition) is 0. The molecule has 0 N–H and O–H groups in total. The molecule has 0 spiro atoms. The second kappa shape index (κ2) is 4.27. The highest BCUT2D eigenvalue weighted by molar-refractivity contribution is 4.76. The zero-order chi connectivity index (χ0) is 8.23. The Kier molecular flexibility index (Phi) is 3.04. The van der Waals surface area contributed by atoms with Crippen LogP contribution in [-0.4, -0.2) is 13.1 Å². The van der Waals surface area contributed by atoms with Crippen LogP contribution < -0.4 is 5.32 Å². The fourth-order valence-electron chi connectivity index (χ4n) is 2.11. The van der Waals surface area contributed by atoms with Gasteiger partial charge in [0.15, 0.2) is 0 Å². The molecule has 2 aliphatic rings. The number of rotatable bonds is 4. The molecule has 0 aliphatic heterocycles. The van der Waals surface area contributed by atoms with Gasteiger partial charge in [0.1, 0.15) is 0 Å². The first-order valence-electron chi connectivity index (χ1n) is 5.58. The molecule has 0 saturated heterocycles. The first-order valence-corrected chi connectivity index (χ1v) is 5.58. The van der Waals surface area contributed by atoms with Gasteiger partial charge in [-0.3, -0.25) is 0 Å². The second-order valence-corrected chi connectivity index (χ2v) is 4.54. The molecule has 2 saturated carbocycles. The maximum absolute atomic E-state index is 4.66. The molecule has 0 bridgehead atoms. The summed E-state index contributed by atoms with van der Waals surface area (Å²) in [4.78, 5) is 0. The van der Waals surface area contributed by atoms with Crippen LogP contribution in [0.2, 0.25) is 0 Å². The van der Waals surface area contributed by atoms with Gasteiger partial charge in [0.05, 0.1) is 0 Å². The summed E-state index contributed by atoms with van der Waals surface area (Å²) in [5.74, 6) is 1.95. The molecule has 1 heteroatoms. The van der Waals surface area contributed by atoms with Crippen molar-refractivity contribution in [3.05, 3.63) is 0 Å². The van der Waals surface area contributed by atoms with Crippen LogP contribution in [0.25, 0.3) is 0 Å². The fraction of sp³-hybridized carbons (Fsp3) is 1.00. The van der Waals surface area contributed by atoms with Gasteiger partial charge in [-0.05, 0) is 37.5 Å². The zero-order valence-corrected chi connectivity index (χ0v) is 7.97. The molecule has 0 aromatic heterocycles. The van der Waals surface area contributed by atoms with Gasteiger partial charge in [0.25, 0.3) is 0 Å². The van der Waals surface area contributed by atoms with Crippen molar-refractivity contribution in [1.82, 2.24) is 5.32 Å². The van der Waals surface area contributed by atoms with Crippen molar-refractivity contribution in [3.63, 3.8) is 0 Å². The topological polar surface area (TPSA) is 14.1 Å². The average molecular weight is 166 g/mol. The predicted octanol–water partition coefficient (Wildman–Crippen LogP) is 2.58. The highest BCUT2D eigenvalue weighted by atomic mass is 14.9. The average Bonchev–Trinajstić information content (AvgIpc) is 2.90. The first-order chi connectivity index (χ1) is 5.95. The third-order valence-corrected chi connectivity index (χ3v) is 3.20. The summed E-state index contributed by atoms with van der Waals surface area (Å²) in [6.07, 6.45) is 10.2. The molecule has 2 aliphatic carbocycles. The van der Waals surface area contributed by atoms with E-state index in [0.29, 0.717) is 0 Å². The van der Waals surface area contributed by atoms with Crippen LogP contribution in [0, 0.1) is 11.8 Å². The third kappa shape index (κ3) is 2.78. The monoisotopic (exact) mass is 166 g/mol. The Morgan fingerprint density at radius 2 is 1.33 bits per heavy atom. The molecule has 0 unspecified atom stereocenters. The Morgan fingerprint density at radius 3 is 1.92 bits per heavy atom.